The summed E-state index contributed by atoms with van der Waals surface area (Å²) in [4.78, 5) is 12.0. The Morgan fingerprint density at radius 2 is 1.85 bits per heavy atom. The number of carbonyl (C=O) groups excluding carboxylic acids is 1. The number of rotatable bonds is 6. The number of anilines is 2. The lowest BCUT2D eigenvalue weighted by Gasteiger charge is -2.19. The molecule has 2 unspecified atom stereocenters. The number of hydrogen-bond acceptors (Lipinski definition) is 4. The summed E-state index contributed by atoms with van der Waals surface area (Å²) in [5.74, 6) is -0.285. The van der Waals surface area contributed by atoms with E-state index in [0.29, 0.717) is 11.4 Å². The molecule has 112 valence electrons. The van der Waals surface area contributed by atoms with Gasteiger partial charge in [-0.25, -0.2) is 8.42 Å². The van der Waals surface area contributed by atoms with Crippen LogP contribution in [0.15, 0.2) is 24.3 Å². The number of benzene rings is 1. The van der Waals surface area contributed by atoms with Gasteiger partial charge in [-0.1, -0.05) is 32.4 Å². The van der Waals surface area contributed by atoms with Crippen LogP contribution in [0.2, 0.25) is 0 Å². The largest absolute Gasteiger partial charge is 0.323 e. The van der Waals surface area contributed by atoms with Gasteiger partial charge in [-0.3, -0.25) is 9.52 Å². The van der Waals surface area contributed by atoms with Gasteiger partial charge in [-0.05, 0) is 18.1 Å². The fourth-order valence-electron chi connectivity index (χ4n) is 1.61. The third kappa shape index (κ3) is 4.82. The van der Waals surface area contributed by atoms with Crippen LogP contribution in [0.3, 0.4) is 0 Å². The summed E-state index contributed by atoms with van der Waals surface area (Å²) >= 11 is 0. The van der Waals surface area contributed by atoms with Crippen molar-refractivity contribution < 1.29 is 13.2 Å². The van der Waals surface area contributed by atoms with Crippen molar-refractivity contribution in [3.05, 3.63) is 24.3 Å². The van der Waals surface area contributed by atoms with Crippen molar-refractivity contribution in [2.24, 2.45) is 11.7 Å². The van der Waals surface area contributed by atoms with Gasteiger partial charge in [0, 0.05) is 0 Å². The van der Waals surface area contributed by atoms with E-state index in [1.165, 1.54) is 0 Å². The molecule has 0 heterocycles. The van der Waals surface area contributed by atoms with Gasteiger partial charge in [0.25, 0.3) is 0 Å². The summed E-state index contributed by atoms with van der Waals surface area (Å²) < 4.78 is 24.9. The normalized spacial score (nSPS) is 14.4. The van der Waals surface area contributed by atoms with Crippen LogP contribution in [0.1, 0.15) is 20.3 Å². The fourth-order valence-corrected chi connectivity index (χ4v) is 2.19. The molecule has 0 spiro atoms. The van der Waals surface area contributed by atoms with Gasteiger partial charge in [0.05, 0.1) is 23.7 Å². The Morgan fingerprint density at radius 1 is 1.30 bits per heavy atom. The molecule has 0 aliphatic heterocycles. The smallest absolute Gasteiger partial charge is 0.241 e. The first-order valence-corrected chi connectivity index (χ1v) is 8.27. The highest BCUT2D eigenvalue weighted by Crippen LogP contribution is 2.22. The molecule has 1 rings (SSSR count). The van der Waals surface area contributed by atoms with E-state index < -0.39 is 16.1 Å². The maximum Gasteiger partial charge on any atom is 0.241 e. The van der Waals surface area contributed by atoms with Gasteiger partial charge in [-0.2, -0.15) is 0 Å². The van der Waals surface area contributed by atoms with E-state index in [1.54, 1.807) is 24.3 Å². The van der Waals surface area contributed by atoms with Gasteiger partial charge < -0.3 is 11.1 Å². The molecule has 6 nitrogen and oxygen atoms in total. The van der Waals surface area contributed by atoms with Gasteiger partial charge >= 0.3 is 0 Å². The summed E-state index contributed by atoms with van der Waals surface area (Å²) in [6, 6.07) is 5.95. The first kappa shape index (κ1) is 16.5. The van der Waals surface area contributed by atoms with Crippen LogP contribution in [0.4, 0.5) is 11.4 Å². The maximum absolute atomic E-state index is 12.0. The number of amides is 1. The number of para-hydroxylation sites is 2. The molecule has 4 N–H and O–H groups in total. The van der Waals surface area contributed by atoms with Crippen LogP contribution < -0.4 is 15.8 Å². The van der Waals surface area contributed by atoms with E-state index in [1.807, 2.05) is 13.8 Å². The molecular formula is C13H21N3O3S. The summed E-state index contributed by atoms with van der Waals surface area (Å²) in [5, 5.41) is 2.66. The molecule has 0 saturated carbocycles. The molecule has 1 amide bonds. The summed E-state index contributed by atoms with van der Waals surface area (Å²) in [6.45, 7) is 3.85. The highest BCUT2D eigenvalue weighted by Gasteiger charge is 2.20. The van der Waals surface area contributed by atoms with Gasteiger partial charge in [0.15, 0.2) is 0 Å². The zero-order chi connectivity index (χ0) is 15.3. The molecule has 1 aromatic rings. The minimum atomic E-state index is -3.41. The maximum atomic E-state index is 12.0. The molecule has 1 aromatic carbocycles. The third-order valence-corrected chi connectivity index (χ3v) is 3.63. The predicted molar refractivity (Wildman–Crippen MR) is 81.0 cm³/mol. The van der Waals surface area contributed by atoms with E-state index >= 15 is 0 Å². The van der Waals surface area contributed by atoms with Crippen molar-refractivity contribution in [2.75, 3.05) is 16.3 Å². The highest BCUT2D eigenvalue weighted by molar-refractivity contribution is 7.92. The Kier molecular flexibility index (Phi) is 5.52. The minimum Gasteiger partial charge on any atom is -0.323 e. The predicted octanol–water partition coefficient (Wildman–Crippen LogP) is 1.37. The molecule has 0 aliphatic rings. The van der Waals surface area contributed by atoms with Gasteiger partial charge in [0.2, 0.25) is 15.9 Å². The molecule has 0 bridgehead atoms. The van der Waals surface area contributed by atoms with E-state index in [0.717, 1.165) is 12.7 Å². The molecule has 2 atom stereocenters. The number of nitrogens with two attached hydrogens (primary N) is 1. The van der Waals surface area contributed by atoms with Crippen molar-refractivity contribution in [2.45, 2.75) is 26.3 Å². The first-order valence-electron chi connectivity index (χ1n) is 6.38. The number of sulfonamides is 1. The quantitative estimate of drug-likeness (QED) is 0.738. The third-order valence-electron chi connectivity index (χ3n) is 3.04. The second-order valence-corrected chi connectivity index (χ2v) is 6.57. The Labute approximate surface area is 119 Å². The zero-order valence-corrected chi connectivity index (χ0v) is 12.7. The number of carbonyl (C=O) groups is 1. The average molecular weight is 299 g/mol. The summed E-state index contributed by atoms with van der Waals surface area (Å²) in [6.07, 6.45) is 1.84. The van der Waals surface area contributed by atoms with Gasteiger partial charge in [-0.15, -0.1) is 0 Å². The Balaban J connectivity index is 2.90. The number of nitrogens with one attached hydrogen (secondary N) is 2. The van der Waals surface area contributed by atoms with Crippen LogP contribution >= 0.6 is 0 Å². The first-order chi connectivity index (χ1) is 9.24. The second-order valence-electron chi connectivity index (χ2n) is 4.82. The second kappa shape index (κ2) is 6.71. The van der Waals surface area contributed by atoms with Crippen molar-refractivity contribution in [1.82, 2.24) is 0 Å². The van der Waals surface area contributed by atoms with Crippen molar-refractivity contribution >= 4 is 27.3 Å². The molecule has 0 fully saturated rings. The Bertz CT molecular complexity index is 572. The van der Waals surface area contributed by atoms with E-state index in [-0.39, 0.29) is 11.8 Å². The van der Waals surface area contributed by atoms with Crippen LogP contribution in [0.25, 0.3) is 0 Å². The van der Waals surface area contributed by atoms with E-state index in [4.69, 9.17) is 5.73 Å². The lowest BCUT2D eigenvalue weighted by Crippen LogP contribution is -2.40. The van der Waals surface area contributed by atoms with Crippen LogP contribution in [0, 0.1) is 5.92 Å². The fraction of sp³-hybridized carbons (Fsp3) is 0.462. The van der Waals surface area contributed by atoms with Crippen LogP contribution in [-0.4, -0.2) is 26.6 Å². The van der Waals surface area contributed by atoms with Crippen molar-refractivity contribution in [1.29, 1.82) is 0 Å². The highest BCUT2D eigenvalue weighted by atomic mass is 32.2. The molecule has 0 aliphatic carbocycles. The molecular weight excluding hydrogens is 278 g/mol. The lowest BCUT2D eigenvalue weighted by atomic mass is 9.99. The monoisotopic (exact) mass is 299 g/mol. The van der Waals surface area contributed by atoms with Crippen LogP contribution in [0.5, 0.6) is 0 Å². The molecule has 20 heavy (non-hydrogen) atoms. The Hall–Kier alpha value is -1.60. The van der Waals surface area contributed by atoms with Crippen LogP contribution in [-0.2, 0) is 14.8 Å². The molecule has 7 heteroatoms. The van der Waals surface area contributed by atoms with E-state index in [2.05, 4.69) is 10.0 Å². The number of hydrogen-bond donors (Lipinski definition) is 3. The van der Waals surface area contributed by atoms with E-state index in [9.17, 15) is 13.2 Å². The summed E-state index contributed by atoms with van der Waals surface area (Å²) in [7, 11) is -3.41. The minimum absolute atomic E-state index is 0.0463. The zero-order valence-electron chi connectivity index (χ0n) is 11.9. The molecule has 0 radical (unpaired) electrons. The van der Waals surface area contributed by atoms with Crippen molar-refractivity contribution in [3.8, 4) is 0 Å². The standard InChI is InChI=1S/C13H21N3O3S/c1-4-9(2)12(14)13(17)15-10-7-5-6-8-11(10)16-20(3,18)19/h5-9,12,16H,4,14H2,1-3H3,(H,15,17). The molecule has 0 aromatic heterocycles. The summed E-state index contributed by atoms with van der Waals surface area (Å²) in [5.41, 5.74) is 6.56. The van der Waals surface area contributed by atoms with Crippen molar-refractivity contribution in [3.63, 3.8) is 0 Å². The average Bonchev–Trinajstić information content (AvgIpc) is 2.37. The SMILES string of the molecule is CCC(C)C(N)C(=O)Nc1ccccc1NS(C)(=O)=O. The molecule has 0 saturated heterocycles. The topological polar surface area (TPSA) is 101 Å². The lowest BCUT2D eigenvalue weighted by molar-refractivity contribution is -0.118. The van der Waals surface area contributed by atoms with Gasteiger partial charge in [0.1, 0.15) is 0 Å². The Morgan fingerprint density at radius 3 is 2.35 bits per heavy atom.